The number of likely N-dealkylation sites (tertiary alicyclic amines) is 1. The van der Waals surface area contributed by atoms with Gasteiger partial charge in [0, 0.05) is 26.1 Å². The second-order valence-corrected chi connectivity index (χ2v) is 11.2. The molecule has 0 bridgehead atoms. The molecule has 6 atom stereocenters. The number of hydrogen-bond acceptors (Lipinski definition) is 4. The van der Waals surface area contributed by atoms with Gasteiger partial charge in [0.1, 0.15) is 0 Å². The lowest BCUT2D eigenvalue weighted by atomic mass is 10.0. The van der Waals surface area contributed by atoms with Crippen molar-refractivity contribution < 1.29 is 18.0 Å². The Bertz CT molecular complexity index is 970. The van der Waals surface area contributed by atoms with Crippen molar-refractivity contribution in [1.82, 2.24) is 13.5 Å². The van der Waals surface area contributed by atoms with E-state index in [2.05, 4.69) is 0 Å². The summed E-state index contributed by atoms with van der Waals surface area (Å²) in [5, 5.41) is 0. The number of rotatable bonds is 5. The van der Waals surface area contributed by atoms with Crippen LogP contribution in [0.4, 0.5) is 0 Å². The molecule has 3 fully saturated rings. The third-order valence-corrected chi connectivity index (χ3v) is 9.47. The van der Waals surface area contributed by atoms with Crippen LogP contribution in [0, 0.1) is 30.6 Å². The smallest absolute Gasteiger partial charge is 0.277 e. The van der Waals surface area contributed by atoms with Crippen LogP contribution in [0.15, 0.2) is 24.3 Å². The maximum atomic E-state index is 13.4. The van der Waals surface area contributed by atoms with Gasteiger partial charge in [-0.05, 0) is 36.3 Å². The van der Waals surface area contributed by atoms with Crippen LogP contribution in [-0.4, -0.2) is 59.4 Å². The fourth-order valence-corrected chi connectivity index (χ4v) is 6.89. The zero-order valence-electron chi connectivity index (χ0n) is 18.3. The summed E-state index contributed by atoms with van der Waals surface area (Å²) >= 11 is 0. The minimum atomic E-state index is -3.76. The number of hydrogen-bond donors (Lipinski definition) is 0. The van der Waals surface area contributed by atoms with Gasteiger partial charge in [0.25, 0.3) is 10.2 Å². The van der Waals surface area contributed by atoms with Crippen LogP contribution in [0.3, 0.4) is 0 Å². The quantitative estimate of drug-likeness (QED) is 0.666. The maximum Gasteiger partial charge on any atom is 0.282 e. The minimum absolute atomic E-state index is 0.116. The van der Waals surface area contributed by atoms with Crippen molar-refractivity contribution in [2.75, 3.05) is 13.6 Å². The minimum Gasteiger partial charge on any atom is -0.277 e. The molecular weight excluding hydrogens is 402 g/mol. The number of aryl methyl sites for hydroxylation is 1. The van der Waals surface area contributed by atoms with E-state index in [0.717, 1.165) is 11.1 Å². The predicted molar refractivity (Wildman–Crippen MR) is 113 cm³/mol. The molecule has 2 saturated heterocycles. The van der Waals surface area contributed by atoms with E-state index in [1.807, 2.05) is 45.0 Å². The molecule has 2 heterocycles. The number of carbonyl (C=O) groups excluding carboxylic acids is 2. The lowest BCUT2D eigenvalue weighted by Gasteiger charge is -2.30. The van der Waals surface area contributed by atoms with Gasteiger partial charge in [-0.2, -0.15) is 17.0 Å². The Morgan fingerprint density at radius 2 is 1.80 bits per heavy atom. The van der Waals surface area contributed by atoms with Crippen LogP contribution in [0.25, 0.3) is 0 Å². The molecule has 1 saturated carbocycles. The SMILES string of the molecule is Cc1ccccc1CN(C)S(=O)(=O)N1CC[C@H]2[C@H]1[C@H](C)C(=O)N2C(=O)C1[C@@H](C)[C@H]1C. The van der Waals surface area contributed by atoms with Crippen molar-refractivity contribution in [3.8, 4) is 0 Å². The topological polar surface area (TPSA) is 78.0 Å². The number of imide groups is 1. The summed E-state index contributed by atoms with van der Waals surface area (Å²) in [6.07, 6.45) is 0.499. The first kappa shape index (κ1) is 21.5. The van der Waals surface area contributed by atoms with Crippen LogP contribution in [-0.2, 0) is 26.3 Å². The molecule has 1 unspecified atom stereocenters. The average Bonchev–Trinajstić information content (AvgIpc) is 3.03. The van der Waals surface area contributed by atoms with E-state index in [0.29, 0.717) is 13.0 Å². The Morgan fingerprint density at radius 1 is 1.17 bits per heavy atom. The normalized spacial score (nSPS) is 33.9. The van der Waals surface area contributed by atoms with Crippen molar-refractivity contribution in [2.24, 2.45) is 23.7 Å². The van der Waals surface area contributed by atoms with E-state index in [1.54, 1.807) is 14.0 Å². The fraction of sp³-hybridized carbons (Fsp3) is 0.636. The van der Waals surface area contributed by atoms with Crippen molar-refractivity contribution in [3.05, 3.63) is 35.4 Å². The third-order valence-electron chi connectivity index (χ3n) is 7.53. The second kappa shape index (κ2) is 7.43. The van der Waals surface area contributed by atoms with Crippen LogP contribution < -0.4 is 0 Å². The summed E-state index contributed by atoms with van der Waals surface area (Å²) in [7, 11) is -2.19. The highest BCUT2D eigenvalue weighted by molar-refractivity contribution is 7.86. The zero-order valence-corrected chi connectivity index (χ0v) is 19.1. The molecule has 2 aliphatic heterocycles. The highest BCUT2D eigenvalue weighted by atomic mass is 32.2. The summed E-state index contributed by atoms with van der Waals surface area (Å²) in [5.41, 5.74) is 1.98. The van der Waals surface area contributed by atoms with Gasteiger partial charge in [0.05, 0.1) is 18.0 Å². The highest BCUT2D eigenvalue weighted by Crippen LogP contribution is 2.49. The summed E-state index contributed by atoms with van der Waals surface area (Å²) in [5.74, 6) is -0.432. The molecule has 8 heteroatoms. The maximum absolute atomic E-state index is 13.4. The first-order valence-corrected chi connectivity index (χ1v) is 12.1. The molecule has 0 N–H and O–H groups in total. The first-order chi connectivity index (χ1) is 14.1. The lowest BCUT2D eigenvalue weighted by Crippen LogP contribution is -2.48. The Balaban J connectivity index is 1.55. The van der Waals surface area contributed by atoms with Gasteiger partial charge in [-0.25, -0.2) is 0 Å². The van der Waals surface area contributed by atoms with E-state index in [1.165, 1.54) is 13.5 Å². The Kier molecular flexibility index (Phi) is 5.31. The Morgan fingerprint density at radius 3 is 2.40 bits per heavy atom. The molecule has 4 rings (SSSR count). The molecule has 0 radical (unpaired) electrons. The molecule has 7 nitrogen and oxygen atoms in total. The number of nitrogens with zero attached hydrogens (tertiary/aromatic N) is 3. The summed E-state index contributed by atoms with van der Waals surface area (Å²) in [6.45, 7) is 8.37. The predicted octanol–water partition coefficient (Wildman–Crippen LogP) is 2.02. The molecule has 1 aromatic rings. The molecule has 3 aliphatic rings. The van der Waals surface area contributed by atoms with E-state index < -0.39 is 22.2 Å². The van der Waals surface area contributed by atoms with Gasteiger partial charge < -0.3 is 0 Å². The number of benzene rings is 1. The van der Waals surface area contributed by atoms with Gasteiger partial charge in [-0.15, -0.1) is 0 Å². The van der Waals surface area contributed by atoms with E-state index in [9.17, 15) is 18.0 Å². The molecule has 30 heavy (non-hydrogen) atoms. The van der Waals surface area contributed by atoms with Crippen LogP contribution in [0.5, 0.6) is 0 Å². The van der Waals surface area contributed by atoms with Crippen molar-refractivity contribution in [1.29, 1.82) is 0 Å². The lowest BCUT2D eigenvalue weighted by molar-refractivity contribution is -0.146. The molecule has 1 aromatic carbocycles. The van der Waals surface area contributed by atoms with Crippen LogP contribution in [0.1, 0.15) is 38.3 Å². The highest BCUT2D eigenvalue weighted by Gasteiger charge is 2.60. The average molecular weight is 434 g/mol. The first-order valence-electron chi connectivity index (χ1n) is 10.7. The second-order valence-electron chi connectivity index (χ2n) is 9.23. The third kappa shape index (κ3) is 3.20. The van der Waals surface area contributed by atoms with Gasteiger partial charge in [0.2, 0.25) is 11.8 Å². The largest absolute Gasteiger partial charge is 0.282 e. The molecule has 164 valence electrons. The van der Waals surface area contributed by atoms with Crippen LogP contribution >= 0.6 is 0 Å². The Labute approximate surface area is 179 Å². The summed E-state index contributed by atoms with van der Waals surface area (Å²) < 4.78 is 29.6. The number of fused-ring (bicyclic) bond motifs is 1. The van der Waals surface area contributed by atoms with Crippen molar-refractivity contribution in [3.63, 3.8) is 0 Å². The van der Waals surface area contributed by atoms with E-state index in [4.69, 9.17) is 0 Å². The van der Waals surface area contributed by atoms with E-state index >= 15 is 0 Å². The molecule has 1 aliphatic carbocycles. The fourth-order valence-electron chi connectivity index (χ4n) is 5.27. The van der Waals surface area contributed by atoms with Crippen LogP contribution in [0.2, 0.25) is 0 Å². The van der Waals surface area contributed by atoms with Crippen molar-refractivity contribution >= 4 is 22.0 Å². The molecular formula is C22H31N3O4S. The molecule has 2 amide bonds. The van der Waals surface area contributed by atoms with Gasteiger partial charge in [0.15, 0.2) is 0 Å². The molecule has 0 spiro atoms. The van der Waals surface area contributed by atoms with E-state index in [-0.39, 0.29) is 42.2 Å². The van der Waals surface area contributed by atoms with Gasteiger partial charge in [-0.3, -0.25) is 14.5 Å². The Hall–Kier alpha value is -1.77. The molecule has 0 aromatic heterocycles. The summed E-state index contributed by atoms with van der Waals surface area (Å²) in [6, 6.07) is 6.86. The van der Waals surface area contributed by atoms with Gasteiger partial charge in [-0.1, -0.05) is 45.0 Å². The number of carbonyl (C=O) groups is 2. The zero-order chi connectivity index (χ0) is 22.0. The van der Waals surface area contributed by atoms with Gasteiger partial charge >= 0.3 is 0 Å². The number of amides is 2. The monoisotopic (exact) mass is 433 g/mol. The van der Waals surface area contributed by atoms with Crippen molar-refractivity contribution in [2.45, 2.75) is 52.7 Å². The standard InChI is InChI=1S/C22H31N3O4S/c1-13-8-6-7-9-17(13)12-23(5)30(28,29)24-11-10-18-20(24)16(4)21(26)25(18)22(27)19-14(2)15(19)3/h6-9,14-16,18-20H,10-12H2,1-5H3/t14-,15+,16-,18-,19?,20+/m0/s1. The summed E-state index contributed by atoms with van der Waals surface area (Å²) in [4.78, 5) is 27.4.